The van der Waals surface area contributed by atoms with Gasteiger partial charge in [-0.15, -0.1) is 0 Å². The SMILES string of the molecule is O=C1[CH]c2cc[c]cc2CN1. The molecule has 2 nitrogen and oxygen atoms in total. The molecular formula is C9H7NO. The van der Waals surface area contributed by atoms with Crippen LogP contribution in [0, 0.1) is 12.5 Å². The van der Waals surface area contributed by atoms with Crippen LogP contribution in [0.15, 0.2) is 18.2 Å². The maximum atomic E-state index is 10.8. The third kappa shape index (κ3) is 1.11. The maximum absolute atomic E-state index is 10.8. The normalized spacial score (nSPS) is 15.5. The van der Waals surface area contributed by atoms with E-state index in [1.165, 1.54) is 0 Å². The second-order valence-electron chi connectivity index (χ2n) is 2.49. The van der Waals surface area contributed by atoms with E-state index in [0.717, 1.165) is 11.1 Å². The summed E-state index contributed by atoms with van der Waals surface area (Å²) in [6.07, 6.45) is 1.60. The number of amides is 1. The van der Waals surface area contributed by atoms with Crippen molar-refractivity contribution in [2.45, 2.75) is 6.54 Å². The van der Waals surface area contributed by atoms with Crippen molar-refractivity contribution in [1.29, 1.82) is 0 Å². The number of hydrogen-bond donors (Lipinski definition) is 1. The number of benzene rings is 1. The average Bonchev–Trinajstić information content (AvgIpc) is 2.04. The highest BCUT2D eigenvalue weighted by atomic mass is 16.1. The molecule has 1 aliphatic heterocycles. The van der Waals surface area contributed by atoms with Gasteiger partial charge >= 0.3 is 0 Å². The molecule has 2 rings (SSSR count). The van der Waals surface area contributed by atoms with Gasteiger partial charge in [-0.1, -0.05) is 12.1 Å². The van der Waals surface area contributed by atoms with Gasteiger partial charge in [0.1, 0.15) is 0 Å². The Bertz CT molecular complexity index is 293. The van der Waals surface area contributed by atoms with Crippen molar-refractivity contribution in [2.24, 2.45) is 0 Å². The minimum atomic E-state index is -0.0105. The molecule has 1 aromatic rings. The van der Waals surface area contributed by atoms with Gasteiger partial charge in [0.2, 0.25) is 5.91 Å². The van der Waals surface area contributed by atoms with E-state index in [1.54, 1.807) is 6.42 Å². The van der Waals surface area contributed by atoms with Crippen molar-refractivity contribution in [1.82, 2.24) is 5.32 Å². The smallest absolute Gasteiger partial charge is 0.228 e. The fourth-order valence-corrected chi connectivity index (χ4v) is 1.15. The Morgan fingerprint density at radius 3 is 3.36 bits per heavy atom. The summed E-state index contributed by atoms with van der Waals surface area (Å²) in [5.74, 6) is -0.0105. The van der Waals surface area contributed by atoms with E-state index in [0.29, 0.717) is 6.54 Å². The lowest BCUT2D eigenvalue weighted by Crippen LogP contribution is -2.28. The molecule has 0 aliphatic carbocycles. The van der Waals surface area contributed by atoms with Gasteiger partial charge in [-0.3, -0.25) is 4.79 Å². The molecule has 0 aromatic heterocycles. The van der Waals surface area contributed by atoms with Gasteiger partial charge in [0.15, 0.2) is 0 Å². The van der Waals surface area contributed by atoms with E-state index in [4.69, 9.17) is 0 Å². The topological polar surface area (TPSA) is 29.1 Å². The summed E-state index contributed by atoms with van der Waals surface area (Å²) in [5, 5.41) is 2.72. The van der Waals surface area contributed by atoms with Gasteiger partial charge in [-0.2, -0.15) is 0 Å². The summed E-state index contributed by atoms with van der Waals surface area (Å²) in [7, 11) is 0. The van der Waals surface area contributed by atoms with Crippen LogP contribution in [0.4, 0.5) is 0 Å². The van der Waals surface area contributed by atoms with Crippen molar-refractivity contribution in [3.05, 3.63) is 41.8 Å². The highest BCUT2D eigenvalue weighted by Crippen LogP contribution is 2.13. The van der Waals surface area contributed by atoms with Crippen LogP contribution in [0.5, 0.6) is 0 Å². The summed E-state index contributed by atoms with van der Waals surface area (Å²) < 4.78 is 0. The van der Waals surface area contributed by atoms with Gasteiger partial charge in [0, 0.05) is 6.54 Å². The van der Waals surface area contributed by atoms with Gasteiger partial charge in [-0.05, 0) is 23.3 Å². The molecule has 2 radical (unpaired) electrons. The van der Waals surface area contributed by atoms with E-state index >= 15 is 0 Å². The second-order valence-corrected chi connectivity index (χ2v) is 2.49. The minimum Gasteiger partial charge on any atom is -0.351 e. The Kier molecular flexibility index (Phi) is 1.39. The van der Waals surface area contributed by atoms with Gasteiger partial charge in [0.05, 0.1) is 6.42 Å². The Balaban J connectivity index is 2.41. The molecule has 1 aromatic carbocycles. The zero-order valence-corrected chi connectivity index (χ0v) is 5.92. The fourth-order valence-electron chi connectivity index (χ4n) is 1.15. The van der Waals surface area contributed by atoms with Crippen LogP contribution in [0.25, 0.3) is 0 Å². The molecule has 1 N–H and O–H groups in total. The number of rotatable bonds is 0. The lowest BCUT2D eigenvalue weighted by atomic mass is 10.0. The van der Waals surface area contributed by atoms with E-state index in [2.05, 4.69) is 11.4 Å². The first-order chi connectivity index (χ1) is 5.36. The first kappa shape index (κ1) is 6.40. The molecule has 0 bridgehead atoms. The molecule has 0 unspecified atom stereocenters. The third-order valence-corrected chi connectivity index (χ3v) is 1.73. The number of hydrogen-bond acceptors (Lipinski definition) is 1. The zero-order valence-electron chi connectivity index (χ0n) is 5.92. The van der Waals surface area contributed by atoms with Crippen LogP contribution in [-0.2, 0) is 11.3 Å². The standard InChI is InChI=1S/C9H7NO/c11-9-5-7-3-1-2-4-8(7)6-10-9/h1,3-5H,6H2,(H,10,11). The van der Waals surface area contributed by atoms with Gasteiger partial charge in [0.25, 0.3) is 0 Å². The Morgan fingerprint density at radius 2 is 2.45 bits per heavy atom. The van der Waals surface area contributed by atoms with Crippen LogP contribution in [0.3, 0.4) is 0 Å². The van der Waals surface area contributed by atoms with Gasteiger partial charge < -0.3 is 5.32 Å². The molecule has 0 saturated carbocycles. The highest BCUT2D eigenvalue weighted by molar-refractivity contribution is 5.90. The second kappa shape index (κ2) is 2.38. The maximum Gasteiger partial charge on any atom is 0.228 e. The summed E-state index contributed by atoms with van der Waals surface area (Å²) in [5.41, 5.74) is 2.14. The van der Waals surface area contributed by atoms with Crippen LogP contribution in [0.2, 0.25) is 0 Å². The summed E-state index contributed by atoms with van der Waals surface area (Å²) in [4.78, 5) is 10.8. The number of carbonyl (C=O) groups excluding carboxylic acids is 1. The number of nitrogens with one attached hydrogen (secondary N) is 1. The first-order valence-electron chi connectivity index (χ1n) is 3.48. The molecule has 0 atom stereocenters. The lowest BCUT2D eigenvalue weighted by molar-refractivity contribution is -0.118. The number of fused-ring (bicyclic) bond motifs is 1. The average molecular weight is 145 g/mol. The summed E-state index contributed by atoms with van der Waals surface area (Å²) >= 11 is 0. The molecule has 11 heavy (non-hydrogen) atoms. The van der Waals surface area contributed by atoms with Gasteiger partial charge in [-0.25, -0.2) is 0 Å². The minimum absolute atomic E-state index is 0.0105. The van der Waals surface area contributed by atoms with Crippen molar-refractivity contribution < 1.29 is 4.79 Å². The Morgan fingerprint density at radius 1 is 1.55 bits per heavy atom. The zero-order chi connectivity index (χ0) is 7.68. The van der Waals surface area contributed by atoms with E-state index < -0.39 is 0 Å². The molecule has 1 aliphatic rings. The van der Waals surface area contributed by atoms with E-state index in [1.807, 2.05) is 18.2 Å². The molecule has 1 amide bonds. The molecule has 1 heterocycles. The molecule has 54 valence electrons. The molecule has 0 fully saturated rings. The number of carbonyl (C=O) groups is 1. The van der Waals surface area contributed by atoms with Crippen molar-refractivity contribution in [3.8, 4) is 0 Å². The third-order valence-electron chi connectivity index (χ3n) is 1.73. The molecule has 0 spiro atoms. The first-order valence-corrected chi connectivity index (χ1v) is 3.48. The van der Waals surface area contributed by atoms with Crippen molar-refractivity contribution in [2.75, 3.05) is 0 Å². The fraction of sp³-hybridized carbons (Fsp3) is 0.111. The van der Waals surface area contributed by atoms with Crippen LogP contribution < -0.4 is 5.32 Å². The molecule has 0 saturated heterocycles. The lowest BCUT2D eigenvalue weighted by Gasteiger charge is -2.14. The predicted octanol–water partition coefficient (Wildman–Crippen LogP) is 0.669. The van der Waals surface area contributed by atoms with Crippen LogP contribution >= 0.6 is 0 Å². The van der Waals surface area contributed by atoms with E-state index in [-0.39, 0.29) is 5.91 Å². The van der Waals surface area contributed by atoms with Crippen molar-refractivity contribution in [3.63, 3.8) is 0 Å². The largest absolute Gasteiger partial charge is 0.351 e. The molecule has 2 heteroatoms. The molecular weight excluding hydrogens is 138 g/mol. The van der Waals surface area contributed by atoms with Crippen LogP contribution in [-0.4, -0.2) is 5.91 Å². The highest BCUT2D eigenvalue weighted by Gasteiger charge is 2.13. The van der Waals surface area contributed by atoms with Crippen molar-refractivity contribution >= 4 is 5.91 Å². The van der Waals surface area contributed by atoms with E-state index in [9.17, 15) is 4.79 Å². The predicted molar refractivity (Wildman–Crippen MR) is 40.5 cm³/mol. The Hall–Kier alpha value is -1.31. The monoisotopic (exact) mass is 145 g/mol. The van der Waals surface area contributed by atoms with Crippen LogP contribution in [0.1, 0.15) is 11.1 Å². The Labute approximate surface area is 65.2 Å². The summed E-state index contributed by atoms with van der Waals surface area (Å²) in [6.45, 7) is 0.627. The quantitative estimate of drug-likeness (QED) is 0.571. The summed E-state index contributed by atoms with van der Waals surface area (Å²) in [6, 6.07) is 8.57.